The number of amides is 1. The molecule has 2 aromatic rings. The molecule has 1 saturated heterocycles. The van der Waals surface area contributed by atoms with Crippen LogP contribution in [0, 0.1) is 10.1 Å². The summed E-state index contributed by atoms with van der Waals surface area (Å²) >= 11 is 0. The van der Waals surface area contributed by atoms with E-state index in [4.69, 9.17) is 9.47 Å². The molecule has 1 N–H and O–H groups in total. The van der Waals surface area contributed by atoms with Gasteiger partial charge < -0.3 is 19.5 Å². The van der Waals surface area contributed by atoms with Gasteiger partial charge in [-0.15, -0.1) is 0 Å². The number of non-ortho nitro benzene ring substituents is 1. The molecule has 180 valence electrons. The molecule has 1 unspecified atom stereocenters. The molecule has 1 aliphatic heterocycles. The molecular weight excluding hydrogens is 440 g/mol. The van der Waals surface area contributed by atoms with Crippen molar-refractivity contribution in [2.24, 2.45) is 0 Å². The number of nitrogens with zero attached hydrogens (tertiary/aromatic N) is 2. The predicted octanol–water partition coefficient (Wildman–Crippen LogP) is 4.23. The molecule has 34 heavy (non-hydrogen) atoms. The molecule has 1 atom stereocenters. The highest BCUT2D eigenvalue weighted by Crippen LogP contribution is 2.40. The number of nitro benzene ring substituents is 1. The highest BCUT2D eigenvalue weighted by Gasteiger charge is 2.45. The highest BCUT2D eigenvalue weighted by molar-refractivity contribution is 6.46. The van der Waals surface area contributed by atoms with Crippen molar-refractivity contribution >= 4 is 23.1 Å². The largest absolute Gasteiger partial charge is 0.507 e. The molecular formula is C25H28N2O7. The number of methoxy groups -OCH3 is 1. The fraction of sp³-hybridized carbons (Fsp3) is 0.360. The zero-order valence-electron chi connectivity index (χ0n) is 19.2. The van der Waals surface area contributed by atoms with E-state index in [1.54, 1.807) is 24.3 Å². The molecule has 0 saturated carbocycles. The Labute approximate surface area is 197 Å². The number of unbranched alkanes of at least 4 members (excludes halogenated alkanes) is 1. The lowest BCUT2D eigenvalue weighted by Gasteiger charge is -2.25. The van der Waals surface area contributed by atoms with Crippen molar-refractivity contribution in [3.05, 3.63) is 75.3 Å². The van der Waals surface area contributed by atoms with E-state index in [9.17, 15) is 24.8 Å². The van der Waals surface area contributed by atoms with Crippen molar-refractivity contribution in [1.82, 2.24) is 4.90 Å². The summed E-state index contributed by atoms with van der Waals surface area (Å²) in [5.41, 5.74) is 0.647. The smallest absolute Gasteiger partial charge is 0.295 e. The summed E-state index contributed by atoms with van der Waals surface area (Å²) in [6, 6.07) is 11.4. The van der Waals surface area contributed by atoms with Gasteiger partial charge in [0.25, 0.3) is 17.4 Å². The van der Waals surface area contributed by atoms with Crippen LogP contribution in [0.25, 0.3) is 5.76 Å². The van der Waals surface area contributed by atoms with Crippen LogP contribution in [0.2, 0.25) is 0 Å². The van der Waals surface area contributed by atoms with E-state index in [1.807, 2.05) is 0 Å². The minimum Gasteiger partial charge on any atom is -0.507 e. The molecule has 1 aliphatic rings. The van der Waals surface area contributed by atoms with Crippen LogP contribution in [0.5, 0.6) is 5.75 Å². The summed E-state index contributed by atoms with van der Waals surface area (Å²) in [5.74, 6) is -1.33. The minimum absolute atomic E-state index is 0.0676. The van der Waals surface area contributed by atoms with Gasteiger partial charge in [-0.05, 0) is 42.7 Å². The highest BCUT2D eigenvalue weighted by atomic mass is 16.6. The molecule has 1 heterocycles. The summed E-state index contributed by atoms with van der Waals surface area (Å²) in [6.45, 7) is 3.17. The van der Waals surface area contributed by atoms with Crippen LogP contribution < -0.4 is 4.74 Å². The van der Waals surface area contributed by atoms with Gasteiger partial charge in [0.05, 0.1) is 23.1 Å². The van der Waals surface area contributed by atoms with E-state index in [0.717, 1.165) is 12.8 Å². The molecule has 0 spiro atoms. The third kappa shape index (κ3) is 5.43. The van der Waals surface area contributed by atoms with Gasteiger partial charge in [-0.2, -0.15) is 0 Å². The standard InChI is InChI=1S/C25H28N2O7/c1-3-4-15-34-20-8-5-7-18(16-20)23(28)21-22(17-9-11-19(12-10-17)27(31)32)26(13-6-14-33-2)25(30)24(21)29/h5,7-12,16,22,28H,3-4,6,13-15H2,1-2H3. The summed E-state index contributed by atoms with van der Waals surface area (Å²) in [7, 11) is 1.54. The molecule has 0 aromatic heterocycles. The zero-order valence-corrected chi connectivity index (χ0v) is 19.2. The Balaban J connectivity index is 2.05. The fourth-order valence-electron chi connectivity index (χ4n) is 3.84. The monoisotopic (exact) mass is 468 g/mol. The van der Waals surface area contributed by atoms with E-state index >= 15 is 0 Å². The van der Waals surface area contributed by atoms with Crippen LogP contribution in [-0.4, -0.2) is 53.5 Å². The van der Waals surface area contributed by atoms with Gasteiger partial charge in [0.15, 0.2) is 0 Å². The zero-order chi connectivity index (χ0) is 24.7. The summed E-state index contributed by atoms with van der Waals surface area (Å²) in [6.07, 6.45) is 2.33. The van der Waals surface area contributed by atoms with E-state index in [-0.39, 0.29) is 23.6 Å². The van der Waals surface area contributed by atoms with Gasteiger partial charge in [0.1, 0.15) is 11.5 Å². The van der Waals surface area contributed by atoms with Crippen molar-refractivity contribution in [3.63, 3.8) is 0 Å². The second kappa shape index (κ2) is 11.4. The number of ether oxygens (including phenoxy) is 2. The predicted molar refractivity (Wildman–Crippen MR) is 125 cm³/mol. The second-order valence-corrected chi connectivity index (χ2v) is 7.92. The van der Waals surface area contributed by atoms with Crippen LogP contribution in [0.1, 0.15) is 43.4 Å². The quantitative estimate of drug-likeness (QED) is 0.131. The average molecular weight is 469 g/mol. The van der Waals surface area contributed by atoms with E-state index in [1.165, 1.54) is 36.3 Å². The molecule has 0 aliphatic carbocycles. The fourth-order valence-corrected chi connectivity index (χ4v) is 3.84. The lowest BCUT2D eigenvalue weighted by atomic mass is 9.95. The normalized spacial score (nSPS) is 17.2. The molecule has 9 heteroatoms. The molecule has 1 fully saturated rings. The average Bonchev–Trinajstić information content (AvgIpc) is 3.09. The number of benzene rings is 2. The third-order valence-electron chi connectivity index (χ3n) is 5.58. The van der Waals surface area contributed by atoms with Gasteiger partial charge in [-0.25, -0.2) is 0 Å². The van der Waals surface area contributed by atoms with Crippen molar-refractivity contribution in [3.8, 4) is 5.75 Å². The molecule has 0 radical (unpaired) electrons. The Kier molecular flexibility index (Phi) is 8.37. The van der Waals surface area contributed by atoms with Crippen LogP contribution in [-0.2, 0) is 14.3 Å². The van der Waals surface area contributed by atoms with Gasteiger partial charge in [-0.3, -0.25) is 19.7 Å². The van der Waals surface area contributed by atoms with Gasteiger partial charge in [-0.1, -0.05) is 25.5 Å². The lowest BCUT2D eigenvalue weighted by molar-refractivity contribution is -0.384. The van der Waals surface area contributed by atoms with E-state index in [0.29, 0.717) is 36.5 Å². The first-order valence-electron chi connectivity index (χ1n) is 11.1. The number of carbonyl (C=O) groups excluding carboxylic acids is 2. The Morgan fingerprint density at radius 2 is 1.85 bits per heavy atom. The van der Waals surface area contributed by atoms with E-state index < -0.39 is 22.7 Å². The summed E-state index contributed by atoms with van der Waals surface area (Å²) in [5, 5.41) is 22.2. The van der Waals surface area contributed by atoms with Gasteiger partial charge >= 0.3 is 0 Å². The van der Waals surface area contributed by atoms with Gasteiger partial charge in [0, 0.05) is 38.0 Å². The SMILES string of the molecule is CCCCOc1cccc(C(O)=C2C(=O)C(=O)N(CCCOC)C2c2ccc([N+](=O)[O-])cc2)c1. The Morgan fingerprint density at radius 3 is 2.50 bits per heavy atom. The number of rotatable bonds is 11. The molecule has 3 rings (SSSR count). The first-order chi connectivity index (χ1) is 16.4. The number of ketones is 1. The summed E-state index contributed by atoms with van der Waals surface area (Å²) < 4.78 is 10.8. The first-order valence-corrected chi connectivity index (χ1v) is 11.1. The Morgan fingerprint density at radius 1 is 1.12 bits per heavy atom. The number of nitro groups is 1. The maximum atomic E-state index is 13.0. The Bertz CT molecular complexity index is 1080. The number of Topliss-reactive ketones (excluding diaryl/α,β-unsaturated/α-hetero) is 1. The Hall–Kier alpha value is -3.72. The molecule has 9 nitrogen and oxygen atoms in total. The maximum Gasteiger partial charge on any atom is 0.295 e. The topological polar surface area (TPSA) is 119 Å². The van der Waals surface area contributed by atoms with Crippen LogP contribution in [0.15, 0.2) is 54.1 Å². The first kappa shape index (κ1) is 24.9. The third-order valence-corrected chi connectivity index (χ3v) is 5.58. The summed E-state index contributed by atoms with van der Waals surface area (Å²) in [4.78, 5) is 37.9. The maximum absolute atomic E-state index is 13.0. The van der Waals surface area contributed by atoms with E-state index in [2.05, 4.69) is 6.92 Å². The number of hydrogen-bond donors (Lipinski definition) is 1. The van der Waals surface area contributed by atoms with Crippen molar-refractivity contribution in [2.45, 2.75) is 32.2 Å². The van der Waals surface area contributed by atoms with Crippen molar-refractivity contribution in [1.29, 1.82) is 0 Å². The number of aliphatic hydroxyl groups is 1. The van der Waals surface area contributed by atoms with Crippen LogP contribution in [0.3, 0.4) is 0 Å². The molecule has 0 bridgehead atoms. The van der Waals surface area contributed by atoms with Crippen molar-refractivity contribution in [2.75, 3.05) is 26.9 Å². The van der Waals surface area contributed by atoms with Crippen LogP contribution >= 0.6 is 0 Å². The second-order valence-electron chi connectivity index (χ2n) is 7.92. The minimum atomic E-state index is -0.887. The number of hydrogen-bond acceptors (Lipinski definition) is 7. The number of aliphatic hydroxyl groups excluding tert-OH is 1. The molecule has 1 amide bonds. The van der Waals surface area contributed by atoms with Gasteiger partial charge in [0.2, 0.25) is 0 Å². The number of carbonyl (C=O) groups is 2. The number of likely N-dealkylation sites (tertiary alicyclic amines) is 1. The molecule has 2 aromatic carbocycles. The van der Waals surface area contributed by atoms with Crippen molar-refractivity contribution < 1.29 is 29.1 Å². The lowest BCUT2D eigenvalue weighted by Crippen LogP contribution is -2.31. The van der Waals surface area contributed by atoms with Crippen LogP contribution in [0.4, 0.5) is 5.69 Å².